The molecule has 0 fully saturated rings. The van der Waals surface area contributed by atoms with Crippen molar-refractivity contribution < 1.29 is 13.2 Å². The molecule has 0 spiro atoms. The average molecular weight is 378 g/mol. The van der Waals surface area contributed by atoms with Gasteiger partial charge >= 0.3 is 6.18 Å². The number of rotatable bonds is 3. The van der Waals surface area contributed by atoms with Crippen molar-refractivity contribution in [1.29, 1.82) is 5.26 Å². The Balaban J connectivity index is 2.29. The first-order valence-electron chi connectivity index (χ1n) is 7.98. The minimum atomic E-state index is -4.41. The van der Waals surface area contributed by atoms with E-state index >= 15 is 0 Å². The Morgan fingerprint density at radius 2 is 2.00 bits per heavy atom. The van der Waals surface area contributed by atoms with Crippen LogP contribution in [0.2, 0.25) is 5.02 Å². The summed E-state index contributed by atoms with van der Waals surface area (Å²) in [5.74, 6) is 0. The average Bonchev–Trinajstić information content (AvgIpc) is 2.60. The fraction of sp³-hybridized carbons (Fsp3) is 0.263. The van der Waals surface area contributed by atoms with Gasteiger partial charge in [0.2, 0.25) is 0 Å². The molecule has 0 bridgehead atoms. The van der Waals surface area contributed by atoms with Crippen molar-refractivity contribution in [3.63, 3.8) is 0 Å². The molecule has 0 aromatic heterocycles. The topological polar surface area (TPSA) is 39.4 Å². The first kappa shape index (κ1) is 18.3. The number of fused-ring (bicyclic) bond motifs is 1. The van der Waals surface area contributed by atoms with Gasteiger partial charge in [-0.2, -0.15) is 18.4 Å². The lowest BCUT2D eigenvalue weighted by atomic mass is 9.77. The third-order valence-corrected chi connectivity index (χ3v) is 4.80. The SMILES string of the molecule is CCC1(c2cccc(C#N)c2)c2cc(Cl)ccc2N=CN1CC(F)(F)F. The summed E-state index contributed by atoms with van der Waals surface area (Å²) < 4.78 is 39.8. The van der Waals surface area contributed by atoms with Gasteiger partial charge < -0.3 is 4.90 Å². The quantitative estimate of drug-likeness (QED) is 0.718. The molecule has 1 aliphatic rings. The van der Waals surface area contributed by atoms with Crippen LogP contribution in [0.15, 0.2) is 47.5 Å². The molecule has 3 rings (SSSR count). The molecule has 134 valence electrons. The van der Waals surface area contributed by atoms with Crippen LogP contribution in [0, 0.1) is 11.3 Å². The van der Waals surface area contributed by atoms with Crippen LogP contribution >= 0.6 is 11.6 Å². The molecule has 1 unspecified atom stereocenters. The normalized spacial score (nSPS) is 19.2. The summed E-state index contributed by atoms with van der Waals surface area (Å²) in [6, 6.07) is 13.7. The van der Waals surface area contributed by atoms with Gasteiger partial charge in [0, 0.05) is 10.6 Å². The Morgan fingerprint density at radius 1 is 1.23 bits per heavy atom. The van der Waals surface area contributed by atoms with E-state index in [0.717, 1.165) is 0 Å². The molecule has 3 nitrogen and oxygen atoms in total. The van der Waals surface area contributed by atoms with Crippen LogP contribution in [0.25, 0.3) is 0 Å². The van der Waals surface area contributed by atoms with Crippen LogP contribution in [0.1, 0.15) is 30.0 Å². The van der Waals surface area contributed by atoms with Crippen LogP contribution in [-0.2, 0) is 5.54 Å². The lowest BCUT2D eigenvalue weighted by molar-refractivity contribution is -0.145. The summed E-state index contributed by atoms with van der Waals surface area (Å²) in [7, 11) is 0. The van der Waals surface area contributed by atoms with Crippen molar-refractivity contribution in [1.82, 2.24) is 4.90 Å². The van der Waals surface area contributed by atoms with Crippen LogP contribution < -0.4 is 0 Å². The number of alkyl halides is 3. The monoisotopic (exact) mass is 377 g/mol. The standard InChI is InChI=1S/C19H15ClF3N3/c1-2-18(14-5-3-4-13(8-14)10-24)16-9-15(20)6-7-17(16)25-12-26(18)11-19(21,22)23/h3-9,12H,2,11H2,1H3. The summed E-state index contributed by atoms with van der Waals surface area (Å²) >= 11 is 6.14. The van der Waals surface area contributed by atoms with Gasteiger partial charge in [0.25, 0.3) is 0 Å². The molecule has 2 aromatic rings. The second-order valence-corrected chi connectivity index (χ2v) is 6.49. The summed E-state index contributed by atoms with van der Waals surface area (Å²) in [6.45, 7) is 0.652. The molecule has 7 heteroatoms. The van der Waals surface area contributed by atoms with Crippen molar-refractivity contribution in [2.24, 2.45) is 4.99 Å². The zero-order chi connectivity index (χ0) is 18.9. The predicted molar refractivity (Wildman–Crippen MR) is 94.6 cm³/mol. The van der Waals surface area contributed by atoms with E-state index < -0.39 is 18.3 Å². The van der Waals surface area contributed by atoms with Gasteiger partial charge in [-0.25, -0.2) is 4.99 Å². The second kappa shape index (κ2) is 6.65. The predicted octanol–water partition coefficient (Wildman–Crippen LogP) is 5.40. The van der Waals surface area contributed by atoms with Gasteiger partial charge in [-0.05, 0) is 42.3 Å². The maximum atomic E-state index is 13.3. The highest BCUT2D eigenvalue weighted by atomic mass is 35.5. The smallest absolute Gasteiger partial charge is 0.340 e. The number of nitrogens with zero attached hydrogens (tertiary/aromatic N) is 3. The number of aliphatic imine (C=N–C) groups is 1. The van der Waals surface area contributed by atoms with E-state index in [-0.39, 0.29) is 0 Å². The zero-order valence-electron chi connectivity index (χ0n) is 13.9. The van der Waals surface area contributed by atoms with Crippen molar-refractivity contribution in [2.75, 3.05) is 6.54 Å². The maximum Gasteiger partial charge on any atom is 0.405 e. The van der Waals surface area contributed by atoms with Crippen molar-refractivity contribution in [2.45, 2.75) is 25.1 Å². The highest BCUT2D eigenvalue weighted by molar-refractivity contribution is 6.30. The minimum absolute atomic E-state index is 0.345. The highest BCUT2D eigenvalue weighted by Gasteiger charge is 2.46. The molecule has 0 saturated heterocycles. The number of halogens is 4. The molecule has 1 heterocycles. The Hall–Kier alpha value is -2.52. The summed E-state index contributed by atoms with van der Waals surface area (Å²) in [6.07, 6.45) is -2.83. The van der Waals surface area contributed by atoms with Crippen LogP contribution in [0.3, 0.4) is 0 Å². The van der Waals surface area contributed by atoms with E-state index in [1.165, 1.54) is 11.2 Å². The number of benzene rings is 2. The third kappa shape index (κ3) is 3.15. The first-order chi connectivity index (χ1) is 12.3. The lowest BCUT2D eigenvalue weighted by Crippen LogP contribution is -2.51. The van der Waals surface area contributed by atoms with E-state index in [4.69, 9.17) is 11.6 Å². The van der Waals surface area contributed by atoms with Crippen molar-refractivity contribution in [3.8, 4) is 6.07 Å². The van der Waals surface area contributed by atoms with E-state index in [9.17, 15) is 18.4 Å². The first-order valence-corrected chi connectivity index (χ1v) is 8.36. The fourth-order valence-corrected chi connectivity index (χ4v) is 3.64. The van der Waals surface area contributed by atoms with Gasteiger partial charge in [0.1, 0.15) is 6.54 Å². The second-order valence-electron chi connectivity index (χ2n) is 6.06. The Labute approximate surface area is 154 Å². The van der Waals surface area contributed by atoms with Gasteiger partial charge in [0.05, 0.1) is 29.2 Å². The van der Waals surface area contributed by atoms with Crippen LogP contribution in [0.5, 0.6) is 0 Å². The zero-order valence-corrected chi connectivity index (χ0v) is 14.6. The molecule has 0 radical (unpaired) electrons. The van der Waals surface area contributed by atoms with Gasteiger partial charge in [-0.1, -0.05) is 30.7 Å². The molecule has 26 heavy (non-hydrogen) atoms. The molecular formula is C19H15ClF3N3. The van der Waals surface area contributed by atoms with Crippen molar-refractivity contribution >= 4 is 23.6 Å². The number of nitriles is 1. The summed E-state index contributed by atoms with van der Waals surface area (Å²) in [5.41, 5.74) is 1.02. The van der Waals surface area contributed by atoms with E-state index in [0.29, 0.717) is 33.8 Å². The molecule has 0 amide bonds. The molecular weight excluding hydrogens is 363 g/mol. The molecule has 0 N–H and O–H groups in total. The van der Waals surface area contributed by atoms with Gasteiger partial charge in [-0.3, -0.25) is 0 Å². The maximum absolute atomic E-state index is 13.3. The fourth-order valence-electron chi connectivity index (χ4n) is 3.47. The molecule has 0 aliphatic carbocycles. The highest BCUT2D eigenvalue weighted by Crippen LogP contribution is 2.47. The minimum Gasteiger partial charge on any atom is -0.340 e. The van der Waals surface area contributed by atoms with Crippen LogP contribution in [0.4, 0.5) is 18.9 Å². The molecule has 1 aliphatic heterocycles. The van der Waals surface area contributed by atoms with E-state index in [1.807, 2.05) is 13.0 Å². The van der Waals surface area contributed by atoms with E-state index in [2.05, 4.69) is 4.99 Å². The Bertz CT molecular complexity index is 902. The molecule has 1 atom stereocenters. The molecule has 2 aromatic carbocycles. The summed E-state index contributed by atoms with van der Waals surface area (Å²) in [5, 5.41) is 9.64. The Morgan fingerprint density at radius 3 is 2.65 bits per heavy atom. The van der Waals surface area contributed by atoms with Crippen LogP contribution in [-0.4, -0.2) is 24.0 Å². The third-order valence-electron chi connectivity index (χ3n) is 4.56. The summed E-state index contributed by atoms with van der Waals surface area (Å²) in [4.78, 5) is 5.37. The lowest BCUT2D eigenvalue weighted by Gasteiger charge is -2.46. The van der Waals surface area contributed by atoms with Crippen molar-refractivity contribution in [3.05, 3.63) is 64.2 Å². The Kier molecular flexibility index (Phi) is 4.68. The van der Waals surface area contributed by atoms with E-state index in [1.54, 1.807) is 42.5 Å². The van der Waals surface area contributed by atoms with Gasteiger partial charge in [-0.15, -0.1) is 0 Å². The number of hydrogen-bond donors (Lipinski definition) is 0. The number of hydrogen-bond acceptors (Lipinski definition) is 3. The molecule has 0 saturated carbocycles. The van der Waals surface area contributed by atoms with Gasteiger partial charge in [0.15, 0.2) is 0 Å². The largest absolute Gasteiger partial charge is 0.405 e.